The second-order valence-corrected chi connectivity index (χ2v) is 7.38. The first kappa shape index (κ1) is 21.3. The van der Waals surface area contributed by atoms with Crippen molar-refractivity contribution in [1.29, 1.82) is 0 Å². The van der Waals surface area contributed by atoms with Crippen molar-refractivity contribution in [3.05, 3.63) is 65.2 Å². The summed E-state index contributed by atoms with van der Waals surface area (Å²) in [7, 11) is 1.34. The van der Waals surface area contributed by atoms with E-state index in [0.717, 1.165) is 11.1 Å². The van der Waals surface area contributed by atoms with E-state index in [9.17, 15) is 9.59 Å². The molecule has 0 heterocycles. The zero-order chi connectivity index (χ0) is 20.7. The summed E-state index contributed by atoms with van der Waals surface area (Å²) in [6.07, 6.45) is -0.698. The van der Waals surface area contributed by atoms with Crippen LogP contribution in [0.3, 0.4) is 0 Å². The Morgan fingerprint density at radius 1 is 1.07 bits per heavy atom. The first-order valence-corrected chi connectivity index (χ1v) is 9.08. The fourth-order valence-electron chi connectivity index (χ4n) is 2.53. The van der Waals surface area contributed by atoms with E-state index in [-0.39, 0.29) is 6.10 Å². The van der Waals surface area contributed by atoms with Crippen LogP contribution in [-0.4, -0.2) is 24.8 Å². The Labute approximate surface area is 165 Å². The molecule has 2 aromatic carbocycles. The largest absolute Gasteiger partial charge is 0.486 e. The number of methoxy groups -OCH3 is 1. The van der Waals surface area contributed by atoms with Gasteiger partial charge in [-0.05, 0) is 57.0 Å². The van der Waals surface area contributed by atoms with Crippen molar-refractivity contribution in [3.63, 3.8) is 0 Å². The van der Waals surface area contributed by atoms with Crippen molar-refractivity contribution in [3.8, 4) is 5.75 Å². The Balaban J connectivity index is 2.01. The first-order chi connectivity index (χ1) is 13.2. The summed E-state index contributed by atoms with van der Waals surface area (Å²) in [5, 5.41) is 2.74. The molecule has 0 saturated heterocycles. The van der Waals surface area contributed by atoms with Gasteiger partial charge in [0, 0.05) is 6.54 Å². The molecule has 0 bridgehead atoms. The van der Waals surface area contributed by atoms with Gasteiger partial charge in [-0.15, -0.1) is 0 Å². The molecular formula is C22H27NO5. The second-order valence-electron chi connectivity index (χ2n) is 7.38. The Morgan fingerprint density at radius 2 is 1.79 bits per heavy atom. The number of nitrogens with one attached hydrogen (secondary N) is 1. The smallest absolute Gasteiger partial charge is 0.407 e. The lowest BCUT2D eigenvalue weighted by Crippen LogP contribution is -2.32. The maximum atomic E-state index is 11.8. The van der Waals surface area contributed by atoms with Gasteiger partial charge in [0.05, 0.1) is 12.7 Å². The minimum atomic E-state index is -0.535. The fraction of sp³-hybridized carbons (Fsp3) is 0.364. The number of esters is 1. The number of amides is 1. The Kier molecular flexibility index (Phi) is 7.04. The molecule has 0 aliphatic heterocycles. The lowest BCUT2D eigenvalue weighted by atomic mass is 10.1. The van der Waals surface area contributed by atoms with Crippen LogP contribution in [0.5, 0.6) is 5.75 Å². The topological polar surface area (TPSA) is 73.9 Å². The molecule has 1 N–H and O–H groups in total. The third-order valence-electron chi connectivity index (χ3n) is 3.82. The van der Waals surface area contributed by atoms with Gasteiger partial charge in [-0.2, -0.15) is 0 Å². The average molecular weight is 385 g/mol. The van der Waals surface area contributed by atoms with Gasteiger partial charge in [0.1, 0.15) is 17.5 Å². The molecule has 0 saturated carbocycles. The maximum Gasteiger partial charge on any atom is 0.407 e. The zero-order valence-electron chi connectivity index (χ0n) is 16.9. The quantitative estimate of drug-likeness (QED) is 0.734. The fourth-order valence-corrected chi connectivity index (χ4v) is 2.53. The highest BCUT2D eigenvalue weighted by atomic mass is 16.6. The summed E-state index contributed by atoms with van der Waals surface area (Å²) in [5.41, 5.74) is 1.78. The number of benzene rings is 2. The molecule has 0 spiro atoms. The van der Waals surface area contributed by atoms with Gasteiger partial charge >= 0.3 is 12.1 Å². The normalized spacial score (nSPS) is 12.0. The number of rotatable bonds is 6. The Hall–Kier alpha value is -3.02. The average Bonchev–Trinajstić information content (AvgIpc) is 2.65. The standard InChI is InChI=1S/C22H27NO5/c1-15(27-19-11-7-10-18(13-19)20(24)26-5)17-9-6-8-16(12-17)14-23-21(25)28-22(2,3)4/h6-13,15H,14H2,1-5H3,(H,23,25). The van der Waals surface area contributed by atoms with Crippen molar-refractivity contribution in [2.75, 3.05) is 7.11 Å². The van der Waals surface area contributed by atoms with Crippen LogP contribution in [0.15, 0.2) is 48.5 Å². The Morgan fingerprint density at radius 3 is 2.46 bits per heavy atom. The predicted octanol–water partition coefficient (Wildman–Crippen LogP) is 4.64. The monoisotopic (exact) mass is 385 g/mol. The number of hydrogen-bond acceptors (Lipinski definition) is 5. The van der Waals surface area contributed by atoms with Gasteiger partial charge < -0.3 is 19.5 Å². The molecule has 28 heavy (non-hydrogen) atoms. The second kappa shape index (κ2) is 9.26. The molecule has 0 aliphatic carbocycles. The van der Waals surface area contributed by atoms with E-state index in [1.54, 1.807) is 24.3 Å². The molecule has 0 aliphatic rings. The molecule has 6 nitrogen and oxygen atoms in total. The van der Waals surface area contributed by atoms with Crippen molar-refractivity contribution in [1.82, 2.24) is 5.32 Å². The van der Waals surface area contributed by atoms with Crippen LogP contribution in [0.1, 0.15) is 55.3 Å². The molecule has 0 fully saturated rings. The summed E-state index contributed by atoms with van der Waals surface area (Å²) in [6.45, 7) is 7.74. The minimum Gasteiger partial charge on any atom is -0.486 e. The van der Waals surface area contributed by atoms with Crippen LogP contribution < -0.4 is 10.1 Å². The number of alkyl carbamates (subject to hydrolysis) is 1. The first-order valence-electron chi connectivity index (χ1n) is 9.08. The summed E-state index contributed by atoms with van der Waals surface area (Å²) in [6, 6.07) is 14.6. The van der Waals surface area contributed by atoms with Crippen LogP contribution in [0.2, 0.25) is 0 Å². The molecule has 1 atom stereocenters. The SMILES string of the molecule is COC(=O)c1cccc(OC(C)c2cccc(CNC(=O)OC(C)(C)C)c2)c1. The van der Waals surface area contributed by atoms with Gasteiger partial charge in [-0.25, -0.2) is 9.59 Å². The lowest BCUT2D eigenvalue weighted by molar-refractivity contribution is 0.0522. The Bertz CT molecular complexity index is 826. The number of carbonyl (C=O) groups is 2. The molecule has 150 valence electrons. The van der Waals surface area contributed by atoms with E-state index >= 15 is 0 Å². The van der Waals surface area contributed by atoms with Gasteiger partial charge in [-0.1, -0.05) is 30.3 Å². The van der Waals surface area contributed by atoms with Gasteiger partial charge in [0.25, 0.3) is 0 Å². The summed E-state index contributed by atoms with van der Waals surface area (Å²) >= 11 is 0. The summed E-state index contributed by atoms with van der Waals surface area (Å²) in [5.74, 6) is 0.168. The maximum absolute atomic E-state index is 11.8. The van der Waals surface area contributed by atoms with Crippen molar-refractivity contribution < 1.29 is 23.8 Å². The summed E-state index contributed by atoms with van der Waals surface area (Å²) < 4.78 is 15.9. The van der Waals surface area contributed by atoms with Crippen molar-refractivity contribution in [2.24, 2.45) is 0 Å². The van der Waals surface area contributed by atoms with E-state index in [1.165, 1.54) is 7.11 Å². The highest BCUT2D eigenvalue weighted by Crippen LogP contribution is 2.23. The van der Waals surface area contributed by atoms with E-state index < -0.39 is 17.7 Å². The molecule has 2 aromatic rings. The third kappa shape index (κ3) is 6.61. The van der Waals surface area contributed by atoms with Gasteiger partial charge in [0.15, 0.2) is 0 Å². The van der Waals surface area contributed by atoms with Crippen molar-refractivity contribution in [2.45, 2.75) is 45.9 Å². The lowest BCUT2D eigenvalue weighted by Gasteiger charge is -2.20. The molecule has 0 radical (unpaired) electrons. The predicted molar refractivity (Wildman–Crippen MR) is 106 cm³/mol. The van der Waals surface area contributed by atoms with Gasteiger partial charge in [0.2, 0.25) is 0 Å². The van der Waals surface area contributed by atoms with E-state index in [2.05, 4.69) is 5.32 Å². The van der Waals surface area contributed by atoms with E-state index in [0.29, 0.717) is 17.9 Å². The molecular weight excluding hydrogens is 358 g/mol. The molecule has 1 unspecified atom stereocenters. The molecule has 0 aromatic heterocycles. The van der Waals surface area contributed by atoms with Gasteiger partial charge in [-0.3, -0.25) is 0 Å². The van der Waals surface area contributed by atoms with Crippen LogP contribution in [0, 0.1) is 0 Å². The third-order valence-corrected chi connectivity index (χ3v) is 3.82. The summed E-state index contributed by atoms with van der Waals surface area (Å²) in [4.78, 5) is 23.5. The van der Waals surface area contributed by atoms with Crippen molar-refractivity contribution >= 4 is 12.1 Å². The number of carbonyl (C=O) groups excluding carboxylic acids is 2. The van der Waals surface area contributed by atoms with Crippen LogP contribution in [0.4, 0.5) is 4.79 Å². The highest BCUT2D eigenvalue weighted by Gasteiger charge is 2.16. The number of hydrogen-bond donors (Lipinski definition) is 1. The van der Waals surface area contributed by atoms with E-state index in [1.807, 2.05) is 52.0 Å². The van der Waals surface area contributed by atoms with Crippen LogP contribution >= 0.6 is 0 Å². The molecule has 2 rings (SSSR count). The molecule has 6 heteroatoms. The highest BCUT2D eigenvalue weighted by molar-refractivity contribution is 5.89. The van der Waals surface area contributed by atoms with E-state index in [4.69, 9.17) is 14.2 Å². The zero-order valence-corrected chi connectivity index (χ0v) is 16.9. The van der Waals surface area contributed by atoms with Crippen LogP contribution in [-0.2, 0) is 16.0 Å². The molecule has 1 amide bonds. The number of ether oxygens (including phenoxy) is 3. The minimum absolute atomic E-state index is 0.241. The van der Waals surface area contributed by atoms with Crippen LogP contribution in [0.25, 0.3) is 0 Å².